The van der Waals surface area contributed by atoms with Crippen LogP contribution in [0.25, 0.3) is 28.1 Å². The van der Waals surface area contributed by atoms with Crippen molar-refractivity contribution >= 4 is 22.9 Å². The number of amides is 1. The van der Waals surface area contributed by atoms with Crippen LogP contribution in [0.4, 0.5) is 4.39 Å². The minimum absolute atomic E-state index is 0.0414. The molecule has 5 nitrogen and oxygen atoms in total. The van der Waals surface area contributed by atoms with Crippen molar-refractivity contribution in [1.29, 1.82) is 0 Å². The van der Waals surface area contributed by atoms with Crippen LogP contribution in [0.1, 0.15) is 62.6 Å². The van der Waals surface area contributed by atoms with Crippen LogP contribution < -0.4 is 5.32 Å². The molecule has 1 amide bonds. The first kappa shape index (κ1) is 25.0. The Morgan fingerprint density at radius 3 is 2.63 bits per heavy atom. The van der Waals surface area contributed by atoms with Crippen LogP contribution in [-0.2, 0) is 4.79 Å². The molecule has 4 rings (SSSR count). The number of hydrogen-bond donors (Lipinski definition) is 3. The number of unbranched alkanes of at least 4 members (excludes halogenated alkanes) is 1. The third kappa shape index (κ3) is 6.53. The summed E-state index contributed by atoms with van der Waals surface area (Å²) in [4.78, 5) is 16.9. The third-order valence-electron chi connectivity index (χ3n) is 6.33. The molecule has 1 aliphatic rings. The SMILES string of the molecule is CCCCNC(=O)C[C@H](O)C[C@H](O)/C=C/c1c(C2CC2)nc2ccccc2c1-c1ccc(F)cc1. The van der Waals surface area contributed by atoms with E-state index >= 15 is 0 Å². The number of fused-ring (bicyclic) bond motifs is 1. The standard InChI is InChI=1S/C29H33FN2O3/c1-2-3-16-31-27(35)18-23(34)17-22(33)14-15-25-28(19-10-12-21(30)13-11-19)24-6-4-5-7-26(24)32-29(25)20-8-9-20/h4-7,10-15,20,22-23,33-34H,2-3,8-9,16-18H2,1H3,(H,31,35)/b15-14+/t22-,23-/m1/s1. The first-order valence-electron chi connectivity index (χ1n) is 12.5. The van der Waals surface area contributed by atoms with Crippen molar-refractivity contribution in [2.75, 3.05) is 6.54 Å². The summed E-state index contributed by atoms with van der Waals surface area (Å²) < 4.78 is 13.7. The van der Waals surface area contributed by atoms with E-state index in [4.69, 9.17) is 4.98 Å². The number of aliphatic hydroxyl groups excluding tert-OH is 2. The van der Waals surface area contributed by atoms with E-state index in [1.165, 1.54) is 12.1 Å². The van der Waals surface area contributed by atoms with Gasteiger partial charge in [0, 0.05) is 35.4 Å². The normalized spacial score (nSPS) is 15.4. The van der Waals surface area contributed by atoms with E-state index in [1.807, 2.05) is 37.3 Å². The van der Waals surface area contributed by atoms with Crippen LogP contribution in [0.2, 0.25) is 0 Å². The molecule has 1 fully saturated rings. The largest absolute Gasteiger partial charge is 0.392 e. The molecule has 1 aliphatic carbocycles. The van der Waals surface area contributed by atoms with Gasteiger partial charge in [0.25, 0.3) is 0 Å². The van der Waals surface area contributed by atoms with E-state index in [0.717, 1.165) is 59.0 Å². The summed E-state index contributed by atoms with van der Waals surface area (Å²) in [7, 11) is 0. The molecule has 0 bridgehead atoms. The van der Waals surface area contributed by atoms with E-state index in [-0.39, 0.29) is 24.6 Å². The molecule has 2 aromatic carbocycles. The molecule has 1 aromatic heterocycles. The lowest BCUT2D eigenvalue weighted by atomic mass is 9.92. The highest BCUT2D eigenvalue weighted by Gasteiger charge is 2.29. The molecule has 35 heavy (non-hydrogen) atoms. The van der Waals surface area contributed by atoms with E-state index < -0.39 is 12.2 Å². The van der Waals surface area contributed by atoms with Gasteiger partial charge in [-0.25, -0.2) is 4.39 Å². The zero-order chi connectivity index (χ0) is 24.8. The van der Waals surface area contributed by atoms with Crippen LogP contribution in [-0.4, -0.2) is 39.9 Å². The van der Waals surface area contributed by atoms with Gasteiger partial charge in [-0.3, -0.25) is 9.78 Å². The average Bonchev–Trinajstić information content (AvgIpc) is 3.68. The fourth-order valence-corrected chi connectivity index (χ4v) is 4.35. The summed E-state index contributed by atoms with van der Waals surface area (Å²) in [6.07, 6.45) is 5.67. The number of hydrogen-bond acceptors (Lipinski definition) is 4. The Labute approximate surface area is 205 Å². The van der Waals surface area contributed by atoms with Gasteiger partial charge in [0.05, 0.1) is 29.8 Å². The predicted molar refractivity (Wildman–Crippen MR) is 137 cm³/mol. The zero-order valence-electron chi connectivity index (χ0n) is 20.1. The monoisotopic (exact) mass is 476 g/mol. The third-order valence-corrected chi connectivity index (χ3v) is 6.33. The van der Waals surface area contributed by atoms with Crippen molar-refractivity contribution in [1.82, 2.24) is 10.3 Å². The summed E-state index contributed by atoms with van der Waals surface area (Å²) in [6, 6.07) is 14.3. The lowest BCUT2D eigenvalue weighted by molar-refractivity contribution is -0.123. The van der Waals surface area contributed by atoms with Gasteiger partial charge in [-0.2, -0.15) is 0 Å². The molecule has 3 aromatic rings. The maximum Gasteiger partial charge on any atom is 0.222 e. The van der Waals surface area contributed by atoms with Crippen molar-refractivity contribution in [2.45, 2.75) is 63.6 Å². The van der Waals surface area contributed by atoms with Crippen molar-refractivity contribution in [2.24, 2.45) is 0 Å². The number of pyridine rings is 1. The number of nitrogens with one attached hydrogen (secondary N) is 1. The van der Waals surface area contributed by atoms with Crippen LogP contribution >= 0.6 is 0 Å². The smallest absolute Gasteiger partial charge is 0.222 e. The van der Waals surface area contributed by atoms with E-state index in [0.29, 0.717) is 12.5 Å². The molecule has 0 radical (unpaired) electrons. The van der Waals surface area contributed by atoms with Crippen molar-refractivity contribution in [3.63, 3.8) is 0 Å². The van der Waals surface area contributed by atoms with Crippen LogP contribution in [0.15, 0.2) is 54.6 Å². The first-order chi connectivity index (χ1) is 17.0. The molecule has 2 atom stereocenters. The lowest BCUT2D eigenvalue weighted by Gasteiger charge is -2.17. The van der Waals surface area contributed by atoms with Gasteiger partial charge in [0.1, 0.15) is 5.82 Å². The van der Waals surface area contributed by atoms with Gasteiger partial charge in [-0.1, -0.05) is 55.8 Å². The van der Waals surface area contributed by atoms with Gasteiger partial charge >= 0.3 is 0 Å². The number of rotatable bonds is 11. The molecule has 0 saturated heterocycles. The van der Waals surface area contributed by atoms with Crippen LogP contribution in [0.3, 0.4) is 0 Å². The van der Waals surface area contributed by atoms with Gasteiger partial charge in [0.2, 0.25) is 5.91 Å². The topological polar surface area (TPSA) is 82.5 Å². The number of nitrogens with zero attached hydrogens (tertiary/aromatic N) is 1. The van der Waals surface area contributed by atoms with Crippen molar-refractivity contribution in [3.05, 3.63) is 71.7 Å². The van der Waals surface area contributed by atoms with Gasteiger partial charge in [-0.15, -0.1) is 0 Å². The Morgan fingerprint density at radius 1 is 1.17 bits per heavy atom. The highest BCUT2D eigenvalue weighted by molar-refractivity contribution is 5.99. The Bertz CT molecular complexity index is 1190. The number of carbonyl (C=O) groups excluding carboxylic acids is 1. The summed E-state index contributed by atoms with van der Waals surface area (Å²) in [6.45, 7) is 2.64. The number of aliphatic hydroxyl groups is 2. The number of para-hydroxylation sites is 1. The molecule has 3 N–H and O–H groups in total. The molecule has 184 valence electrons. The molecule has 0 unspecified atom stereocenters. The first-order valence-corrected chi connectivity index (χ1v) is 12.5. The molecule has 0 aliphatic heterocycles. The Morgan fingerprint density at radius 2 is 1.91 bits per heavy atom. The second-order valence-electron chi connectivity index (χ2n) is 9.31. The molecular weight excluding hydrogens is 443 g/mol. The van der Waals surface area contributed by atoms with E-state index in [2.05, 4.69) is 5.32 Å². The molecular formula is C29H33FN2O3. The summed E-state index contributed by atoms with van der Waals surface area (Å²) in [5, 5.41) is 24.7. The fraction of sp³-hybridized carbons (Fsp3) is 0.379. The molecule has 1 heterocycles. The molecule has 0 spiro atoms. The number of carbonyl (C=O) groups is 1. The zero-order valence-corrected chi connectivity index (χ0v) is 20.1. The number of aromatic nitrogens is 1. The maximum atomic E-state index is 13.7. The van der Waals surface area contributed by atoms with E-state index in [1.54, 1.807) is 18.2 Å². The minimum Gasteiger partial charge on any atom is -0.392 e. The summed E-state index contributed by atoms with van der Waals surface area (Å²) in [5.41, 5.74) is 4.60. The number of halogens is 1. The minimum atomic E-state index is -0.939. The van der Waals surface area contributed by atoms with Crippen molar-refractivity contribution in [3.8, 4) is 11.1 Å². The fourth-order valence-electron chi connectivity index (χ4n) is 4.35. The molecule has 6 heteroatoms. The lowest BCUT2D eigenvalue weighted by Crippen LogP contribution is -2.29. The highest BCUT2D eigenvalue weighted by Crippen LogP contribution is 2.45. The second-order valence-corrected chi connectivity index (χ2v) is 9.31. The Hall–Kier alpha value is -3.09. The average molecular weight is 477 g/mol. The van der Waals surface area contributed by atoms with Gasteiger partial charge in [0.15, 0.2) is 0 Å². The summed E-state index contributed by atoms with van der Waals surface area (Å²) in [5.74, 6) is -0.154. The predicted octanol–water partition coefficient (Wildman–Crippen LogP) is 5.35. The van der Waals surface area contributed by atoms with Crippen LogP contribution in [0, 0.1) is 5.82 Å². The highest BCUT2D eigenvalue weighted by atomic mass is 19.1. The van der Waals surface area contributed by atoms with Gasteiger partial charge in [-0.05, 0) is 43.0 Å². The van der Waals surface area contributed by atoms with Crippen molar-refractivity contribution < 1.29 is 19.4 Å². The Balaban J connectivity index is 1.60. The maximum absolute atomic E-state index is 13.7. The van der Waals surface area contributed by atoms with Crippen LogP contribution in [0.5, 0.6) is 0 Å². The van der Waals surface area contributed by atoms with E-state index in [9.17, 15) is 19.4 Å². The van der Waals surface area contributed by atoms with Gasteiger partial charge < -0.3 is 15.5 Å². The Kier molecular flexibility index (Phi) is 8.26. The summed E-state index contributed by atoms with van der Waals surface area (Å²) >= 11 is 0. The number of benzene rings is 2. The second kappa shape index (κ2) is 11.6. The molecule has 1 saturated carbocycles. The quantitative estimate of drug-likeness (QED) is 0.326.